The number of fused-ring (bicyclic) bond motifs is 13. The standard InChI is InChI=1S/C41H54N4O8/c1-22(2)21-45-18-16-41(17-19-45)43-32-29-30-35(48)26(6)37-31(29)38(50)40(7,53-37)52-20-9-8-13-27(46)25(5)28(47)15-14-23(3)11-10-12-24(4)39(51)42-34(36(30)49)33(32)44-41/h9-12,20,22-23,25,27-28,43,46-49H,8,13-19,21H2,1-7H3/b11-10+,20-9+,24-12-,42-34?/t23-,25-,27+,28+,40?/m0/s1. The highest BCUT2D eigenvalue weighted by Gasteiger charge is 2.50. The Bertz CT molecular complexity index is 2010. The van der Waals surface area contributed by atoms with Crippen LogP contribution >= 0.6 is 0 Å². The minimum absolute atomic E-state index is 0.0320. The minimum Gasteiger partial charge on any atom is -0.507 e. The molecule has 7 rings (SSSR count). The van der Waals surface area contributed by atoms with Crippen molar-refractivity contribution in [2.45, 2.75) is 111 Å². The first-order valence-corrected chi connectivity index (χ1v) is 18.9. The van der Waals surface area contributed by atoms with E-state index in [1.165, 1.54) is 13.2 Å². The van der Waals surface area contributed by atoms with Crippen molar-refractivity contribution < 1.29 is 39.5 Å². The summed E-state index contributed by atoms with van der Waals surface area (Å²) in [7, 11) is 0. The summed E-state index contributed by atoms with van der Waals surface area (Å²) < 4.78 is 12.2. The lowest BCUT2D eigenvalue weighted by Gasteiger charge is -2.38. The lowest BCUT2D eigenvalue weighted by atomic mass is 9.90. The molecular formula is C41H54N4O8. The molecule has 1 unspecified atom stereocenters. The number of rotatable bonds is 2. The zero-order valence-corrected chi connectivity index (χ0v) is 31.9. The number of aliphatic hydroxyl groups is 2. The number of carbonyl (C=O) groups is 2. The number of piperidine rings is 1. The average Bonchev–Trinajstić information content (AvgIpc) is 3.61. The molecule has 0 saturated carbocycles. The maximum Gasteiger partial charge on any atom is 0.312 e. The number of carbonyl (C=O) groups excluding carboxylic acids is 2. The third-order valence-electron chi connectivity index (χ3n) is 11.2. The van der Waals surface area contributed by atoms with Gasteiger partial charge in [-0.2, -0.15) is 0 Å². The van der Waals surface area contributed by atoms with Crippen molar-refractivity contribution in [3.8, 4) is 17.2 Å². The second-order valence-electron chi connectivity index (χ2n) is 16.0. The van der Waals surface area contributed by atoms with Crippen LogP contribution in [-0.4, -0.2) is 80.3 Å². The van der Waals surface area contributed by atoms with Crippen molar-refractivity contribution in [2.75, 3.05) is 25.0 Å². The molecule has 5 bridgehead atoms. The monoisotopic (exact) mass is 730 g/mol. The van der Waals surface area contributed by atoms with Gasteiger partial charge in [0.2, 0.25) is 0 Å². The highest BCUT2D eigenvalue weighted by molar-refractivity contribution is 6.21. The Kier molecular flexibility index (Phi) is 10.8. The minimum atomic E-state index is -1.80. The van der Waals surface area contributed by atoms with E-state index in [0.29, 0.717) is 55.7 Å². The van der Waals surface area contributed by atoms with Gasteiger partial charge in [0.25, 0.3) is 11.7 Å². The zero-order chi connectivity index (χ0) is 38.4. The van der Waals surface area contributed by atoms with Gasteiger partial charge in [-0.15, -0.1) is 0 Å². The van der Waals surface area contributed by atoms with Gasteiger partial charge in [-0.3, -0.25) is 14.6 Å². The van der Waals surface area contributed by atoms with Crippen LogP contribution in [0.3, 0.4) is 0 Å². The molecule has 1 fully saturated rings. The van der Waals surface area contributed by atoms with Crippen LogP contribution in [0.1, 0.15) is 96.0 Å². The number of ketones is 1. The van der Waals surface area contributed by atoms with Gasteiger partial charge in [0.05, 0.1) is 35.1 Å². The van der Waals surface area contributed by atoms with Gasteiger partial charge < -0.3 is 40.1 Å². The molecule has 53 heavy (non-hydrogen) atoms. The second kappa shape index (κ2) is 14.9. The smallest absolute Gasteiger partial charge is 0.312 e. The van der Waals surface area contributed by atoms with Crippen LogP contribution in [0.4, 0.5) is 5.69 Å². The zero-order valence-electron chi connectivity index (χ0n) is 31.9. The third-order valence-corrected chi connectivity index (χ3v) is 11.2. The molecule has 0 aliphatic carbocycles. The highest BCUT2D eigenvalue weighted by atomic mass is 16.7. The molecule has 5 atom stereocenters. The Morgan fingerprint density at radius 1 is 1.00 bits per heavy atom. The predicted molar refractivity (Wildman–Crippen MR) is 201 cm³/mol. The molecule has 5 aliphatic rings. The Labute approximate surface area is 310 Å². The normalized spacial score (nSPS) is 30.3. The van der Waals surface area contributed by atoms with E-state index in [9.17, 15) is 30.0 Å². The van der Waals surface area contributed by atoms with Gasteiger partial charge in [0, 0.05) is 61.8 Å². The number of hydrogen-bond donors (Lipinski definition) is 5. The molecule has 5 N–H and O–H groups in total. The number of aliphatic hydroxyl groups excluding tert-OH is 2. The fourth-order valence-electron chi connectivity index (χ4n) is 7.82. The summed E-state index contributed by atoms with van der Waals surface area (Å²) in [5.74, 6) is -3.34. The summed E-state index contributed by atoms with van der Waals surface area (Å²) in [5, 5.41) is 49.1. The Morgan fingerprint density at radius 3 is 2.40 bits per heavy atom. The molecule has 2 aromatic carbocycles. The number of phenols is 2. The van der Waals surface area contributed by atoms with E-state index in [-0.39, 0.29) is 55.9 Å². The number of amides is 1. The summed E-state index contributed by atoms with van der Waals surface area (Å²) in [5.41, 5.74) is 0.254. The first-order chi connectivity index (χ1) is 25.1. The summed E-state index contributed by atoms with van der Waals surface area (Å²) in [6.45, 7) is 15.4. The van der Waals surface area contributed by atoms with Crippen LogP contribution in [0.5, 0.6) is 17.2 Å². The summed E-state index contributed by atoms with van der Waals surface area (Å²) in [6.07, 6.45) is 10.2. The van der Waals surface area contributed by atoms with E-state index >= 15 is 0 Å². The molecule has 2 aromatic rings. The first-order valence-electron chi connectivity index (χ1n) is 18.9. The van der Waals surface area contributed by atoms with E-state index in [2.05, 4.69) is 29.1 Å². The number of nitrogens with zero attached hydrogens (tertiary/aromatic N) is 3. The fraction of sp³-hybridized carbons (Fsp3) is 0.561. The quantitative estimate of drug-likeness (QED) is 0.262. The number of allylic oxidation sites excluding steroid dienone is 4. The van der Waals surface area contributed by atoms with Crippen LogP contribution in [0, 0.1) is 24.7 Å². The Balaban J connectivity index is 1.52. The number of nitrogens with one attached hydrogen (secondary N) is 1. The lowest BCUT2D eigenvalue weighted by Crippen LogP contribution is -2.47. The van der Waals surface area contributed by atoms with Crippen LogP contribution in [0.15, 0.2) is 46.1 Å². The molecule has 1 saturated heterocycles. The van der Waals surface area contributed by atoms with Crippen molar-refractivity contribution in [1.29, 1.82) is 0 Å². The van der Waals surface area contributed by atoms with Crippen molar-refractivity contribution >= 4 is 28.2 Å². The number of Topliss-reactive ketones (excluding diaryl/α,β-unsaturated/α-hetero) is 1. The third kappa shape index (κ3) is 7.33. The van der Waals surface area contributed by atoms with Gasteiger partial charge in [-0.25, -0.2) is 4.99 Å². The number of anilines is 1. The molecule has 5 aliphatic heterocycles. The maximum absolute atomic E-state index is 14.4. The van der Waals surface area contributed by atoms with Crippen LogP contribution in [-0.2, 0) is 9.53 Å². The number of ether oxygens (including phenoxy) is 2. The second-order valence-corrected chi connectivity index (χ2v) is 16.0. The van der Waals surface area contributed by atoms with Gasteiger partial charge in [0.15, 0.2) is 5.75 Å². The van der Waals surface area contributed by atoms with E-state index in [4.69, 9.17) is 14.5 Å². The van der Waals surface area contributed by atoms with Crippen molar-refractivity contribution in [3.63, 3.8) is 0 Å². The molecule has 286 valence electrons. The molecule has 0 aromatic heterocycles. The number of likely N-dealkylation sites (tertiary alicyclic amines) is 1. The largest absolute Gasteiger partial charge is 0.507 e. The van der Waals surface area contributed by atoms with E-state index in [0.717, 1.165) is 19.6 Å². The number of hydrogen-bond acceptors (Lipinski definition) is 11. The average molecular weight is 731 g/mol. The van der Waals surface area contributed by atoms with Crippen molar-refractivity contribution in [3.05, 3.63) is 58.0 Å². The SMILES string of the molecule is C/C1=C/C=C/[C@H](C)CC[C@@H](O)[C@@H](C)[C@H](O)CC/C=C/OC2(C)Oc3c(C)c(O)c4c(O)c(c5c(c4c3C2=O)NC2(CCN(CC(C)C)CC2)N=5)=NC1=O. The molecule has 0 radical (unpaired) electrons. The van der Waals surface area contributed by atoms with Gasteiger partial charge >= 0.3 is 5.79 Å². The molecule has 1 spiro atoms. The number of benzene rings is 2. The molecular weight excluding hydrogens is 676 g/mol. The van der Waals surface area contributed by atoms with Crippen molar-refractivity contribution in [1.82, 2.24) is 4.90 Å². The van der Waals surface area contributed by atoms with Gasteiger partial charge in [-0.05, 0) is 57.4 Å². The van der Waals surface area contributed by atoms with Crippen molar-refractivity contribution in [2.24, 2.45) is 27.7 Å². The van der Waals surface area contributed by atoms with Crippen LogP contribution < -0.4 is 20.8 Å². The molecule has 12 nitrogen and oxygen atoms in total. The van der Waals surface area contributed by atoms with E-state index < -0.39 is 41.1 Å². The molecule has 1 amide bonds. The summed E-state index contributed by atoms with van der Waals surface area (Å²) >= 11 is 0. The molecule has 12 heteroatoms. The Hall–Kier alpha value is -4.26. The van der Waals surface area contributed by atoms with E-state index in [1.807, 2.05) is 19.9 Å². The van der Waals surface area contributed by atoms with Gasteiger partial charge in [0.1, 0.15) is 27.9 Å². The summed E-state index contributed by atoms with van der Waals surface area (Å²) in [6, 6.07) is 0. The van der Waals surface area contributed by atoms with Gasteiger partial charge in [-0.1, -0.05) is 45.9 Å². The number of phenolic OH excluding ortho intramolecular Hbond substituents is 2. The lowest BCUT2D eigenvalue weighted by molar-refractivity contribution is -0.114. The van der Waals surface area contributed by atoms with Crippen LogP contribution in [0.25, 0.3) is 10.8 Å². The maximum atomic E-state index is 14.4. The number of aromatic hydroxyl groups is 2. The van der Waals surface area contributed by atoms with E-state index in [1.54, 1.807) is 32.1 Å². The first kappa shape index (κ1) is 38.5. The predicted octanol–water partition coefficient (Wildman–Crippen LogP) is 5.09. The fourth-order valence-corrected chi connectivity index (χ4v) is 7.82. The summed E-state index contributed by atoms with van der Waals surface area (Å²) in [4.78, 5) is 40.0. The van der Waals surface area contributed by atoms with Crippen LogP contribution in [0.2, 0.25) is 0 Å². The molecule has 5 heterocycles. The highest BCUT2D eigenvalue weighted by Crippen LogP contribution is 2.51. The Morgan fingerprint density at radius 2 is 1.70 bits per heavy atom. The topological polar surface area (TPSA) is 174 Å².